The van der Waals surface area contributed by atoms with Gasteiger partial charge in [-0.25, -0.2) is 4.79 Å². The third-order valence-corrected chi connectivity index (χ3v) is 3.79. The molecule has 2 rings (SSSR count). The van der Waals surface area contributed by atoms with Crippen LogP contribution in [0.5, 0.6) is 5.75 Å². The average molecular weight is 306 g/mol. The molecule has 112 valence electrons. The molecule has 0 amide bonds. The minimum Gasteiger partial charge on any atom is -0.494 e. The van der Waals surface area contributed by atoms with E-state index in [2.05, 4.69) is 6.07 Å². The third kappa shape index (κ3) is 4.86. The highest BCUT2D eigenvalue weighted by Crippen LogP contribution is 2.22. The van der Waals surface area contributed by atoms with Crippen molar-refractivity contribution in [2.45, 2.75) is 25.4 Å². The Morgan fingerprint density at radius 1 is 1.24 bits per heavy atom. The predicted octanol–water partition coefficient (Wildman–Crippen LogP) is 4.16. The van der Waals surface area contributed by atoms with E-state index in [-0.39, 0.29) is 5.76 Å². The number of aromatic carboxylic acids is 1. The normalized spacial score (nSPS) is 10.6. The molecule has 0 spiro atoms. The molecular weight excluding hydrogens is 288 g/mol. The number of thioether (sulfide) groups is 1. The van der Waals surface area contributed by atoms with Crippen LogP contribution in [-0.4, -0.2) is 23.4 Å². The van der Waals surface area contributed by atoms with Crippen LogP contribution in [0, 0.1) is 13.8 Å². The number of hydrogen-bond acceptors (Lipinski definition) is 4. The standard InChI is InChI=1S/C16H18O4S/c1-11-8-12(2)10-13(9-11)19-6-3-7-21-15-5-4-14(20-15)16(17)18/h4-5,8-10H,3,6-7H2,1-2H3,(H,17,18). The Balaban J connectivity index is 1.71. The molecule has 0 fully saturated rings. The van der Waals surface area contributed by atoms with Crippen LogP contribution >= 0.6 is 11.8 Å². The van der Waals surface area contributed by atoms with Crippen LogP contribution < -0.4 is 4.74 Å². The van der Waals surface area contributed by atoms with Gasteiger partial charge in [0.2, 0.25) is 5.76 Å². The fourth-order valence-electron chi connectivity index (χ4n) is 1.95. The zero-order valence-corrected chi connectivity index (χ0v) is 12.9. The van der Waals surface area contributed by atoms with E-state index in [1.165, 1.54) is 29.0 Å². The number of carboxylic acid groups (broad SMARTS) is 1. The summed E-state index contributed by atoms with van der Waals surface area (Å²) in [7, 11) is 0. The second-order valence-corrected chi connectivity index (χ2v) is 5.90. The molecule has 0 saturated heterocycles. The smallest absolute Gasteiger partial charge is 0.371 e. The fourth-order valence-corrected chi connectivity index (χ4v) is 2.73. The van der Waals surface area contributed by atoms with E-state index < -0.39 is 5.97 Å². The summed E-state index contributed by atoms with van der Waals surface area (Å²) in [4.78, 5) is 10.7. The Morgan fingerprint density at radius 3 is 2.57 bits per heavy atom. The Kier molecular flexibility index (Phi) is 5.33. The monoisotopic (exact) mass is 306 g/mol. The van der Waals surface area contributed by atoms with Gasteiger partial charge in [-0.3, -0.25) is 0 Å². The number of aryl methyl sites for hydroxylation is 2. The molecule has 0 aliphatic carbocycles. The fraction of sp³-hybridized carbons (Fsp3) is 0.312. The van der Waals surface area contributed by atoms with E-state index in [1.54, 1.807) is 6.07 Å². The van der Waals surface area contributed by atoms with Crippen molar-refractivity contribution < 1.29 is 19.1 Å². The highest BCUT2D eigenvalue weighted by Gasteiger charge is 2.08. The number of ether oxygens (including phenoxy) is 1. The number of furan rings is 1. The Hall–Kier alpha value is -1.88. The Morgan fingerprint density at radius 2 is 1.95 bits per heavy atom. The highest BCUT2D eigenvalue weighted by molar-refractivity contribution is 7.99. The lowest BCUT2D eigenvalue weighted by Gasteiger charge is -2.07. The summed E-state index contributed by atoms with van der Waals surface area (Å²) in [6.07, 6.45) is 0.862. The first-order chi connectivity index (χ1) is 10.0. The summed E-state index contributed by atoms with van der Waals surface area (Å²) in [5, 5.41) is 9.38. The summed E-state index contributed by atoms with van der Waals surface area (Å²) in [5.74, 6) is 0.643. The van der Waals surface area contributed by atoms with Crippen molar-refractivity contribution in [3.8, 4) is 5.75 Å². The van der Waals surface area contributed by atoms with E-state index in [0.29, 0.717) is 11.7 Å². The molecule has 0 unspecified atom stereocenters. The zero-order chi connectivity index (χ0) is 15.2. The summed E-state index contributed by atoms with van der Waals surface area (Å²) < 4.78 is 10.9. The molecule has 1 N–H and O–H groups in total. The summed E-state index contributed by atoms with van der Waals surface area (Å²) in [5.41, 5.74) is 2.38. The molecule has 0 radical (unpaired) electrons. The molecule has 0 aliphatic rings. The number of rotatable bonds is 7. The van der Waals surface area contributed by atoms with E-state index in [0.717, 1.165) is 17.9 Å². The molecule has 21 heavy (non-hydrogen) atoms. The maximum absolute atomic E-state index is 10.7. The topological polar surface area (TPSA) is 59.7 Å². The van der Waals surface area contributed by atoms with Crippen LogP contribution in [0.25, 0.3) is 0 Å². The summed E-state index contributed by atoms with van der Waals surface area (Å²) in [6, 6.07) is 9.30. The third-order valence-electron chi connectivity index (χ3n) is 2.79. The minimum atomic E-state index is -1.04. The lowest BCUT2D eigenvalue weighted by atomic mass is 10.1. The predicted molar refractivity (Wildman–Crippen MR) is 82.4 cm³/mol. The van der Waals surface area contributed by atoms with Crippen LogP contribution in [0.1, 0.15) is 28.1 Å². The van der Waals surface area contributed by atoms with Crippen LogP contribution in [0.2, 0.25) is 0 Å². The van der Waals surface area contributed by atoms with Gasteiger partial charge in [-0.05, 0) is 55.7 Å². The molecule has 0 atom stereocenters. The first-order valence-corrected chi connectivity index (χ1v) is 7.70. The summed E-state index contributed by atoms with van der Waals surface area (Å²) in [6.45, 7) is 4.72. The van der Waals surface area contributed by atoms with Crippen LogP contribution in [0.4, 0.5) is 0 Å². The number of carbonyl (C=O) groups is 1. The molecule has 0 bridgehead atoms. The first-order valence-electron chi connectivity index (χ1n) is 6.71. The van der Waals surface area contributed by atoms with Crippen molar-refractivity contribution >= 4 is 17.7 Å². The van der Waals surface area contributed by atoms with Gasteiger partial charge in [-0.1, -0.05) is 17.8 Å². The molecule has 1 aromatic carbocycles. The van der Waals surface area contributed by atoms with Gasteiger partial charge in [0.25, 0.3) is 0 Å². The van der Waals surface area contributed by atoms with Gasteiger partial charge in [-0.15, -0.1) is 0 Å². The van der Waals surface area contributed by atoms with Crippen molar-refractivity contribution in [3.63, 3.8) is 0 Å². The van der Waals surface area contributed by atoms with E-state index in [1.807, 2.05) is 26.0 Å². The summed E-state index contributed by atoms with van der Waals surface area (Å²) >= 11 is 1.49. The van der Waals surface area contributed by atoms with Gasteiger partial charge < -0.3 is 14.3 Å². The van der Waals surface area contributed by atoms with Gasteiger partial charge >= 0.3 is 5.97 Å². The number of hydrogen-bond donors (Lipinski definition) is 1. The Bertz CT molecular complexity index is 598. The molecular formula is C16H18O4S. The lowest BCUT2D eigenvalue weighted by molar-refractivity contribution is 0.0656. The quantitative estimate of drug-likeness (QED) is 0.615. The van der Waals surface area contributed by atoms with Crippen molar-refractivity contribution in [2.75, 3.05) is 12.4 Å². The maximum Gasteiger partial charge on any atom is 0.371 e. The van der Waals surface area contributed by atoms with Crippen molar-refractivity contribution in [3.05, 3.63) is 47.2 Å². The van der Waals surface area contributed by atoms with Gasteiger partial charge in [0.1, 0.15) is 5.75 Å². The van der Waals surface area contributed by atoms with Gasteiger partial charge in [0.05, 0.1) is 6.61 Å². The average Bonchev–Trinajstić information content (AvgIpc) is 2.86. The number of benzene rings is 1. The molecule has 5 heteroatoms. The Labute approximate surface area is 128 Å². The number of carboxylic acids is 1. The van der Waals surface area contributed by atoms with Crippen molar-refractivity contribution in [2.24, 2.45) is 0 Å². The first kappa shape index (κ1) is 15.5. The van der Waals surface area contributed by atoms with Crippen LogP contribution in [-0.2, 0) is 0 Å². The van der Waals surface area contributed by atoms with Gasteiger partial charge in [0.15, 0.2) is 5.09 Å². The SMILES string of the molecule is Cc1cc(C)cc(OCCCSc2ccc(C(=O)O)o2)c1. The van der Waals surface area contributed by atoms with E-state index in [4.69, 9.17) is 14.3 Å². The molecule has 0 aliphatic heterocycles. The molecule has 0 saturated carbocycles. The minimum absolute atomic E-state index is 0.0241. The van der Waals surface area contributed by atoms with Crippen LogP contribution in [0.15, 0.2) is 39.8 Å². The van der Waals surface area contributed by atoms with Gasteiger partial charge in [-0.2, -0.15) is 0 Å². The van der Waals surface area contributed by atoms with E-state index >= 15 is 0 Å². The lowest BCUT2D eigenvalue weighted by Crippen LogP contribution is -1.99. The van der Waals surface area contributed by atoms with Gasteiger partial charge in [0, 0.05) is 5.75 Å². The molecule has 4 nitrogen and oxygen atoms in total. The second-order valence-electron chi connectivity index (χ2n) is 4.80. The van der Waals surface area contributed by atoms with E-state index in [9.17, 15) is 4.79 Å². The zero-order valence-electron chi connectivity index (χ0n) is 12.1. The molecule has 1 heterocycles. The van der Waals surface area contributed by atoms with Crippen molar-refractivity contribution in [1.29, 1.82) is 0 Å². The largest absolute Gasteiger partial charge is 0.494 e. The van der Waals surface area contributed by atoms with Crippen LogP contribution in [0.3, 0.4) is 0 Å². The highest BCUT2D eigenvalue weighted by atomic mass is 32.2. The molecule has 2 aromatic rings. The maximum atomic E-state index is 10.7. The molecule has 1 aromatic heterocycles. The van der Waals surface area contributed by atoms with Crippen molar-refractivity contribution in [1.82, 2.24) is 0 Å². The second kappa shape index (κ2) is 7.22.